The summed E-state index contributed by atoms with van der Waals surface area (Å²) >= 11 is 5.79. The third-order valence-corrected chi connectivity index (χ3v) is 3.75. The third-order valence-electron chi connectivity index (χ3n) is 3.50. The fourth-order valence-electron chi connectivity index (χ4n) is 2.19. The number of anilines is 1. The summed E-state index contributed by atoms with van der Waals surface area (Å²) < 4.78 is 5.37. The number of carbonyl (C=O) groups is 2. The van der Waals surface area contributed by atoms with Crippen LogP contribution in [0.1, 0.15) is 23.2 Å². The van der Waals surface area contributed by atoms with Crippen molar-refractivity contribution in [3.05, 3.63) is 59.1 Å². The molecule has 2 amide bonds. The van der Waals surface area contributed by atoms with Gasteiger partial charge in [0.25, 0.3) is 5.91 Å². The molecule has 0 spiro atoms. The van der Waals surface area contributed by atoms with Gasteiger partial charge in [0.05, 0.1) is 0 Å². The van der Waals surface area contributed by atoms with E-state index in [4.69, 9.17) is 22.1 Å². The quantitative estimate of drug-likeness (QED) is 0.587. The zero-order chi connectivity index (χ0) is 18.8. The highest BCUT2D eigenvalue weighted by molar-refractivity contribution is 6.30. The molecule has 2 rings (SSSR count). The summed E-state index contributed by atoms with van der Waals surface area (Å²) in [6.07, 6.45) is 0.856. The highest BCUT2D eigenvalue weighted by Gasteiger charge is 2.06. The molecule has 0 aliphatic rings. The van der Waals surface area contributed by atoms with Gasteiger partial charge in [0, 0.05) is 35.8 Å². The number of ether oxygens (including phenoxy) is 1. The molecule has 138 valence electrons. The number of amides is 2. The van der Waals surface area contributed by atoms with Crippen LogP contribution in [-0.2, 0) is 4.79 Å². The van der Waals surface area contributed by atoms with E-state index in [1.807, 2.05) is 0 Å². The van der Waals surface area contributed by atoms with Crippen molar-refractivity contribution < 1.29 is 14.3 Å². The van der Waals surface area contributed by atoms with E-state index in [2.05, 4.69) is 10.6 Å². The smallest absolute Gasteiger partial charge is 0.251 e. The fourth-order valence-corrected chi connectivity index (χ4v) is 2.31. The lowest BCUT2D eigenvalue weighted by Crippen LogP contribution is -2.25. The predicted octanol–water partition coefficient (Wildman–Crippen LogP) is 2.83. The van der Waals surface area contributed by atoms with Crippen molar-refractivity contribution in [3.8, 4) is 5.75 Å². The minimum Gasteiger partial charge on any atom is -0.492 e. The van der Waals surface area contributed by atoms with Crippen LogP contribution in [0, 0.1) is 0 Å². The first-order valence-electron chi connectivity index (χ1n) is 8.35. The van der Waals surface area contributed by atoms with Gasteiger partial charge in [0.2, 0.25) is 5.91 Å². The number of nitrogens with one attached hydrogen (secondary N) is 2. The van der Waals surface area contributed by atoms with Gasteiger partial charge in [-0.15, -0.1) is 0 Å². The van der Waals surface area contributed by atoms with E-state index < -0.39 is 0 Å². The molecule has 2 aromatic rings. The fraction of sp³-hybridized carbons (Fsp3) is 0.263. The second-order valence-electron chi connectivity index (χ2n) is 5.58. The van der Waals surface area contributed by atoms with Crippen LogP contribution < -0.4 is 21.1 Å². The van der Waals surface area contributed by atoms with Crippen LogP contribution in [-0.4, -0.2) is 31.5 Å². The molecule has 0 radical (unpaired) electrons. The van der Waals surface area contributed by atoms with Crippen LogP contribution in [0.5, 0.6) is 5.75 Å². The van der Waals surface area contributed by atoms with Gasteiger partial charge < -0.3 is 21.1 Å². The number of hydrogen-bond donors (Lipinski definition) is 3. The summed E-state index contributed by atoms with van der Waals surface area (Å²) in [5.41, 5.74) is 6.61. The van der Waals surface area contributed by atoms with Crippen molar-refractivity contribution in [1.82, 2.24) is 5.32 Å². The van der Waals surface area contributed by atoms with Crippen molar-refractivity contribution in [3.63, 3.8) is 0 Å². The largest absolute Gasteiger partial charge is 0.492 e. The summed E-state index contributed by atoms with van der Waals surface area (Å²) in [6.45, 7) is 1.32. The minimum absolute atomic E-state index is 0.110. The standard InChI is InChI=1S/C19H22ClN3O3/c20-15-5-3-14(4-6-15)19(25)22-12-1-2-18(24)23-16-7-9-17(10-8-16)26-13-11-21/h3-10H,1-2,11-13,21H2,(H,22,25)(H,23,24). The molecule has 0 aliphatic heterocycles. The molecule has 0 heterocycles. The van der Waals surface area contributed by atoms with Crippen molar-refractivity contribution in [2.75, 3.05) is 25.0 Å². The molecule has 7 heteroatoms. The number of halogens is 1. The summed E-state index contributed by atoms with van der Waals surface area (Å²) in [4.78, 5) is 23.9. The van der Waals surface area contributed by atoms with Gasteiger partial charge in [-0.1, -0.05) is 11.6 Å². The molecule has 0 aromatic heterocycles. The maximum atomic E-state index is 11.9. The Morgan fingerprint density at radius 2 is 1.73 bits per heavy atom. The Morgan fingerprint density at radius 1 is 1.04 bits per heavy atom. The third kappa shape index (κ3) is 6.74. The Morgan fingerprint density at radius 3 is 2.38 bits per heavy atom. The van der Waals surface area contributed by atoms with E-state index in [1.165, 1.54) is 0 Å². The van der Waals surface area contributed by atoms with Crippen LogP contribution in [0.25, 0.3) is 0 Å². The molecule has 26 heavy (non-hydrogen) atoms. The lowest BCUT2D eigenvalue weighted by molar-refractivity contribution is -0.116. The Bertz CT molecular complexity index is 718. The molecule has 0 aliphatic carbocycles. The molecule has 0 bridgehead atoms. The molecule has 4 N–H and O–H groups in total. The molecule has 0 saturated heterocycles. The van der Waals surface area contributed by atoms with Crippen molar-refractivity contribution in [2.24, 2.45) is 5.73 Å². The van der Waals surface area contributed by atoms with E-state index >= 15 is 0 Å². The van der Waals surface area contributed by atoms with E-state index in [0.717, 1.165) is 0 Å². The summed E-state index contributed by atoms with van der Waals surface area (Å²) in [5, 5.41) is 6.16. The zero-order valence-electron chi connectivity index (χ0n) is 14.3. The molecular weight excluding hydrogens is 354 g/mol. The van der Waals surface area contributed by atoms with Gasteiger partial charge >= 0.3 is 0 Å². The average Bonchev–Trinajstić information content (AvgIpc) is 2.65. The molecule has 0 unspecified atom stereocenters. The SMILES string of the molecule is NCCOc1ccc(NC(=O)CCCNC(=O)c2ccc(Cl)cc2)cc1. The van der Waals surface area contributed by atoms with E-state index in [9.17, 15) is 9.59 Å². The summed E-state index contributed by atoms with van der Waals surface area (Å²) in [6, 6.07) is 13.7. The summed E-state index contributed by atoms with van der Waals surface area (Å²) in [7, 11) is 0. The van der Waals surface area contributed by atoms with E-state index in [1.54, 1.807) is 48.5 Å². The number of nitrogens with two attached hydrogens (primary N) is 1. The second kappa shape index (κ2) is 10.4. The first kappa shape index (κ1) is 19.8. The summed E-state index contributed by atoms with van der Waals surface area (Å²) in [5.74, 6) is 0.412. The lowest BCUT2D eigenvalue weighted by atomic mass is 10.2. The lowest BCUT2D eigenvalue weighted by Gasteiger charge is -2.08. The van der Waals surface area contributed by atoms with E-state index in [-0.39, 0.29) is 11.8 Å². The van der Waals surface area contributed by atoms with Crippen molar-refractivity contribution in [2.45, 2.75) is 12.8 Å². The van der Waals surface area contributed by atoms with Gasteiger partial charge in [-0.2, -0.15) is 0 Å². The Balaban J connectivity index is 1.67. The molecule has 0 fully saturated rings. The number of benzene rings is 2. The Hall–Kier alpha value is -2.57. The van der Waals surface area contributed by atoms with Gasteiger partial charge in [-0.05, 0) is 55.0 Å². The highest BCUT2D eigenvalue weighted by Crippen LogP contribution is 2.15. The van der Waals surface area contributed by atoms with Gasteiger partial charge in [0.15, 0.2) is 0 Å². The van der Waals surface area contributed by atoms with Crippen LogP contribution in [0.4, 0.5) is 5.69 Å². The monoisotopic (exact) mass is 375 g/mol. The first-order chi connectivity index (χ1) is 12.6. The molecule has 2 aromatic carbocycles. The highest BCUT2D eigenvalue weighted by atomic mass is 35.5. The number of hydrogen-bond acceptors (Lipinski definition) is 4. The van der Waals surface area contributed by atoms with Crippen LogP contribution >= 0.6 is 11.6 Å². The van der Waals surface area contributed by atoms with Crippen LogP contribution in [0.15, 0.2) is 48.5 Å². The molecule has 0 atom stereocenters. The Labute approximate surface area is 157 Å². The zero-order valence-corrected chi connectivity index (χ0v) is 15.1. The van der Waals surface area contributed by atoms with Gasteiger partial charge in [-0.25, -0.2) is 0 Å². The average molecular weight is 376 g/mol. The van der Waals surface area contributed by atoms with Crippen LogP contribution in [0.2, 0.25) is 5.02 Å². The topological polar surface area (TPSA) is 93.4 Å². The predicted molar refractivity (Wildman–Crippen MR) is 103 cm³/mol. The maximum absolute atomic E-state index is 11.9. The normalized spacial score (nSPS) is 10.2. The molecule has 6 nitrogen and oxygen atoms in total. The number of carbonyl (C=O) groups excluding carboxylic acids is 2. The minimum atomic E-state index is -0.185. The first-order valence-corrected chi connectivity index (χ1v) is 8.73. The van der Waals surface area contributed by atoms with Crippen molar-refractivity contribution in [1.29, 1.82) is 0 Å². The Kier molecular flexibility index (Phi) is 7.92. The van der Waals surface area contributed by atoms with Crippen LogP contribution in [0.3, 0.4) is 0 Å². The van der Waals surface area contributed by atoms with Gasteiger partial charge in [-0.3, -0.25) is 9.59 Å². The second-order valence-corrected chi connectivity index (χ2v) is 6.01. The number of rotatable bonds is 9. The van der Waals surface area contributed by atoms with Gasteiger partial charge in [0.1, 0.15) is 12.4 Å². The van der Waals surface area contributed by atoms with E-state index in [0.29, 0.717) is 54.6 Å². The molecular formula is C19H22ClN3O3. The van der Waals surface area contributed by atoms with Crippen molar-refractivity contribution >= 4 is 29.1 Å². The molecule has 0 saturated carbocycles. The maximum Gasteiger partial charge on any atom is 0.251 e.